The molecule has 0 aliphatic rings. The number of hydrogen-bond donors (Lipinski definition) is 3. The minimum absolute atomic E-state index is 0.0433. The first-order chi connectivity index (χ1) is 8.06. The fourth-order valence-electron chi connectivity index (χ4n) is 1.25. The Morgan fingerprint density at radius 3 is 2.76 bits per heavy atom. The van der Waals surface area contributed by atoms with Crippen molar-refractivity contribution >= 4 is 17.3 Å². The van der Waals surface area contributed by atoms with E-state index < -0.39 is 4.92 Å². The summed E-state index contributed by atoms with van der Waals surface area (Å²) >= 11 is 0. The number of nitrogens with two attached hydrogens (primary N) is 1. The minimum atomic E-state index is -0.611. The van der Waals surface area contributed by atoms with Crippen LogP contribution < -0.4 is 16.4 Å². The number of anilines is 1. The van der Waals surface area contributed by atoms with Crippen LogP contribution in [0.3, 0.4) is 0 Å². The van der Waals surface area contributed by atoms with Crippen molar-refractivity contribution in [2.45, 2.75) is 0 Å². The van der Waals surface area contributed by atoms with Crippen LogP contribution in [0.15, 0.2) is 18.2 Å². The highest BCUT2D eigenvalue weighted by atomic mass is 16.6. The van der Waals surface area contributed by atoms with Crippen LogP contribution in [0.5, 0.6) is 0 Å². The third-order valence-electron chi connectivity index (χ3n) is 2.15. The van der Waals surface area contributed by atoms with E-state index in [9.17, 15) is 14.9 Å². The van der Waals surface area contributed by atoms with Gasteiger partial charge in [0.25, 0.3) is 11.6 Å². The summed E-state index contributed by atoms with van der Waals surface area (Å²) in [5.41, 5.74) is 5.44. The fraction of sp³-hybridized carbons (Fsp3) is 0.300. The quantitative estimate of drug-likeness (QED) is 0.292. The molecule has 0 heterocycles. The molecule has 0 aliphatic carbocycles. The molecule has 17 heavy (non-hydrogen) atoms. The molecule has 7 nitrogen and oxygen atoms in total. The summed E-state index contributed by atoms with van der Waals surface area (Å²) < 4.78 is 0. The topological polar surface area (TPSA) is 110 Å². The lowest BCUT2D eigenvalue weighted by Crippen LogP contribution is -2.30. The second kappa shape index (κ2) is 5.80. The summed E-state index contributed by atoms with van der Waals surface area (Å²) in [5.74, 6) is -0.358. The van der Waals surface area contributed by atoms with Gasteiger partial charge in [-0.3, -0.25) is 14.9 Å². The van der Waals surface area contributed by atoms with Gasteiger partial charge in [0, 0.05) is 24.7 Å². The highest BCUT2D eigenvalue weighted by Crippen LogP contribution is 2.22. The standard InChI is InChI=1S/C10H14N4O3/c1-12-4-5-13-10(15)7-2-3-8(11)9(6-7)14(16)17/h2-3,6,12H,4-5,11H2,1H3,(H,13,15). The second-order valence-electron chi connectivity index (χ2n) is 3.39. The van der Waals surface area contributed by atoms with Gasteiger partial charge in [-0.2, -0.15) is 0 Å². The molecule has 0 bridgehead atoms. The molecule has 0 radical (unpaired) electrons. The molecule has 0 atom stereocenters. The van der Waals surface area contributed by atoms with Crippen LogP contribution in [-0.2, 0) is 0 Å². The number of carbonyl (C=O) groups excluding carboxylic acids is 1. The number of nitro benzene ring substituents is 1. The van der Waals surface area contributed by atoms with E-state index in [-0.39, 0.29) is 22.8 Å². The lowest BCUT2D eigenvalue weighted by atomic mass is 10.1. The van der Waals surface area contributed by atoms with Crippen LogP contribution in [-0.4, -0.2) is 31.0 Å². The van der Waals surface area contributed by atoms with Crippen LogP contribution in [0.2, 0.25) is 0 Å². The van der Waals surface area contributed by atoms with Gasteiger partial charge in [0.15, 0.2) is 0 Å². The molecular weight excluding hydrogens is 224 g/mol. The number of nitrogen functional groups attached to an aromatic ring is 1. The van der Waals surface area contributed by atoms with E-state index in [0.717, 1.165) is 0 Å². The van der Waals surface area contributed by atoms with Gasteiger partial charge in [-0.1, -0.05) is 0 Å². The Balaban J connectivity index is 2.81. The van der Waals surface area contributed by atoms with Crippen molar-refractivity contribution in [1.82, 2.24) is 10.6 Å². The second-order valence-corrected chi connectivity index (χ2v) is 3.39. The number of benzene rings is 1. The maximum Gasteiger partial charge on any atom is 0.292 e. The number of nitrogens with one attached hydrogen (secondary N) is 2. The van der Waals surface area contributed by atoms with Gasteiger partial charge in [0.1, 0.15) is 5.69 Å². The van der Waals surface area contributed by atoms with E-state index in [2.05, 4.69) is 10.6 Å². The monoisotopic (exact) mass is 238 g/mol. The molecule has 0 saturated carbocycles. The zero-order valence-electron chi connectivity index (χ0n) is 9.40. The summed E-state index contributed by atoms with van der Waals surface area (Å²) in [5, 5.41) is 16.1. The van der Waals surface area contributed by atoms with Crippen molar-refractivity contribution < 1.29 is 9.72 Å². The highest BCUT2D eigenvalue weighted by molar-refractivity contribution is 5.95. The van der Waals surface area contributed by atoms with Crippen LogP contribution in [0.4, 0.5) is 11.4 Å². The van der Waals surface area contributed by atoms with Crippen molar-refractivity contribution in [3.05, 3.63) is 33.9 Å². The van der Waals surface area contributed by atoms with Crippen molar-refractivity contribution in [1.29, 1.82) is 0 Å². The van der Waals surface area contributed by atoms with Crippen molar-refractivity contribution in [2.75, 3.05) is 25.9 Å². The summed E-state index contributed by atoms with van der Waals surface area (Å²) in [6.07, 6.45) is 0. The Bertz CT molecular complexity index is 434. The van der Waals surface area contributed by atoms with E-state index in [1.165, 1.54) is 18.2 Å². The number of rotatable bonds is 5. The number of hydrogen-bond acceptors (Lipinski definition) is 5. The third kappa shape index (κ3) is 3.42. The average Bonchev–Trinajstić information content (AvgIpc) is 2.29. The van der Waals surface area contributed by atoms with E-state index in [0.29, 0.717) is 13.1 Å². The highest BCUT2D eigenvalue weighted by Gasteiger charge is 2.15. The largest absolute Gasteiger partial charge is 0.393 e. The van der Waals surface area contributed by atoms with Gasteiger partial charge in [-0.05, 0) is 19.2 Å². The van der Waals surface area contributed by atoms with Gasteiger partial charge in [-0.15, -0.1) is 0 Å². The summed E-state index contributed by atoms with van der Waals surface area (Å²) in [6.45, 7) is 1.08. The smallest absolute Gasteiger partial charge is 0.292 e. The van der Waals surface area contributed by atoms with Crippen LogP contribution >= 0.6 is 0 Å². The van der Waals surface area contributed by atoms with Crippen molar-refractivity contribution in [3.8, 4) is 0 Å². The average molecular weight is 238 g/mol. The lowest BCUT2D eigenvalue weighted by molar-refractivity contribution is -0.383. The number of nitrogens with zero attached hydrogens (tertiary/aromatic N) is 1. The van der Waals surface area contributed by atoms with E-state index in [1.807, 2.05) is 0 Å². The van der Waals surface area contributed by atoms with Crippen molar-refractivity contribution in [3.63, 3.8) is 0 Å². The maximum absolute atomic E-state index is 11.6. The molecule has 0 fully saturated rings. The molecule has 0 saturated heterocycles. The Labute approximate surface area is 98.1 Å². The molecule has 92 valence electrons. The summed E-state index contributed by atoms with van der Waals surface area (Å²) in [7, 11) is 1.76. The van der Waals surface area contributed by atoms with Gasteiger partial charge in [-0.25, -0.2) is 0 Å². The molecule has 0 aliphatic heterocycles. The first-order valence-corrected chi connectivity index (χ1v) is 5.03. The first kappa shape index (κ1) is 12.9. The molecule has 0 aromatic heterocycles. The van der Waals surface area contributed by atoms with E-state index >= 15 is 0 Å². The molecule has 0 spiro atoms. The molecule has 1 aromatic rings. The Kier molecular flexibility index (Phi) is 4.41. The van der Waals surface area contributed by atoms with Gasteiger partial charge in [0.05, 0.1) is 4.92 Å². The van der Waals surface area contributed by atoms with Crippen LogP contribution in [0, 0.1) is 10.1 Å². The predicted molar refractivity (Wildman–Crippen MR) is 63.8 cm³/mol. The molecule has 0 unspecified atom stereocenters. The van der Waals surface area contributed by atoms with E-state index in [4.69, 9.17) is 5.73 Å². The maximum atomic E-state index is 11.6. The molecule has 7 heteroatoms. The van der Waals surface area contributed by atoms with Gasteiger partial charge in [0.2, 0.25) is 0 Å². The molecule has 4 N–H and O–H groups in total. The predicted octanol–water partition coefficient (Wildman–Crippen LogP) is 0.126. The van der Waals surface area contributed by atoms with Crippen LogP contribution in [0.25, 0.3) is 0 Å². The molecule has 1 aromatic carbocycles. The molecular formula is C10H14N4O3. The van der Waals surface area contributed by atoms with E-state index in [1.54, 1.807) is 7.05 Å². The Morgan fingerprint density at radius 2 is 2.18 bits per heavy atom. The molecule has 1 amide bonds. The third-order valence-corrected chi connectivity index (χ3v) is 2.15. The van der Waals surface area contributed by atoms with Crippen LogP contribution in [0.1, 0.15) is 10.4 Å². The lowest BCUT2D eigenvalue weighted by Gasteiger charge is -2.05. The summed E-state index contributed by atoms with van der Waals surface area (Å²) in [4.78, 5) is 21.6. The number of nitro groups is 1. The summed E-state index contributed by atoms with van der Waals surface area (Å²) in [6, 6.07) is 3.98. The Morgan fingerprint density at radius 1 is 1.47 bits per heavy atom. The van der Waals surface area contributed by atoms with Gasteiger partial charge < -0.3 is 16.4 Å². The Hall–Kier alpha value is -2.15. The zero-order valence-corrected chi connectivity index (χ0v) is 9.40. The SMILES string of the molecule is CNCCNC(=O)c1ccc(N)c([N+](=O)[O-])c1. The minimum Gasteiger partial charge on any atom is -0.393 e. The normalized spacial score (nSPS) is 9.94. The number of likely N-dealkylation sites (N-methyl/N-ethyl adjacent to an activating group) is 1. The van der Waals surface area contributed by atoms with Gasteiger partial charge >= 0.3 is 0 Å². The number of carbonyl (C=O) groups is 1. The fourth-order valence-corrected chi connectivity index (χ4v) is 1.25. The first-order valence-electron chi connectivity index (χ1n) is 5.03. The zero-order chi connectivity index (χ0) is 12.8. The molecule has 1 rings (SSSR count). The van der Waals surface area contributed by atoms with Crippen molar-refractivity contribution in [2.24, 2.45) is 0 Å². The number of amides is 1.